The highest BCUT2D eigenvalue weighted by Crippen LogP contribution is 2.23. The number of nitrogens with one attached hydrogen (secondary N) is 2. The Morgan fingerprint density at radius 3 is 2.20 bits per heavy atom. The van der Waals surface area contributed by atoms with Gasteiger partial charge in [-0.05, 0) is 42.5 Å². The lowest BCUT2D eigenvalue weighted by Crippen LogP contribution is -2.09. The molecule has 2 heterocycles. The second-order valence-corrected chi connectivity index (χ2v) is 8.43. The van der Waals surface area contributed by atoms with Crippen molar-refractivity contribution in [2.75, 3.05) is 16.3 Å². The number of anilines is 3. The van der Waals surface area contributed by atoms with Crippen molar-refractivity contribution in [3.63, 3.8) is 0 Å². The van der Waals surface area contributed by atoms with Crippen molar-refractivity contribution in [3.05, 3.63) is 67.1 Å². The van der Waals surface area contributed by atoms with Crippen LogP contribution in [0.15, 0.2) is 67.1 Å². The number of hydrogen-bond donors (Lipinski definition) is 2. The van der Waals surface area contributed by atoms with Gasteiger partial charge in [-0.3, -0.25) is 4.72 Å². The summed E-state index contributed by atoms with van der Waals surface area (Å²) in [6.45, 7) is 0. The van der Waals surface area contributed by atoms with E-state index in [-0.39, 0.29) is 0 Å². The molecule has 0 aliphatic heterocycles. The van der Waals surface area contributed by atoms with E-state index in [1.807, 2.05) is 35.9 Å². The average Bonchev–Trinajstić information content (AvgIpc) is 3.14. The molecular formula is C20H19N7O2S. The third kappa shape index (κ3) is 4.61. The Bertz CT molecular complexity index is 1270. The van der Waals surface area contributed by atoms with Crippen molar-refractivity contribution in [1.29, 1.82) is 0 Å². The number of benzene rings is 2. The third-order valence-electron chi connectivity index (χ3n) is 4.25. The van der Waals surface area contributed by atoms with Gasteiger partial charge in [0.25, 0.3) is 0 Å². The number of aryl methyl sites for hydroxylation is 1. The second kappa shape index (κ2) is 7.91. The lowest BCUT2D eigenvalue weighted by atomic mass is 10.1. The van der Waals surface area contributed by atoms with Crippen molar-refractivity contribution in [2.45, 2.75) is 0 Å². The molecule has 4 rings (SSSR count). The Morgan fingerprint density at radius 1 is 0.900 bits per heavy atom. The normalized spacial score (nSPS) is 11.3. The molecule has 0 fully saturated rings. The van der Waals surface area contributed by atoms with Crippen LogP contribution in [0, 0.1) is 0 Å². The van der Waals surface area contributed by atoms with Crippen LogP contribution in [0.5, 0.6) is 0 Å². The molecule has 30 heavy (non-hydrogen) atoms. The van der Waals surface area contributed by atoms with Crippen LogP contribution in [0.3, 0.4) is 0 Å². The Hall–Kier alpha value is -3.79. The molecule has 0 unspecified atom stereocenters. The molecule has 0 saturated heterocycles. The van der Waals surface area contributed by atoms with Gasteiger partial charge in [0.15, 0.2) is 5.82 Å². The fourth-order valence-electron chi connectivity index (χ4n) is 2.88. The average molecular weight is 421 g/mol. The molecule has 2 aromatic carbocycles. The van der Waals surface area contributed by atoms with Gasteiger partial charge in [0.2, 0.25) is 16.0 Å². The number of aromatic nitrogens is 5. The van der Waals surface area contributed by atoms with E-state index >= 15 is 0 Å². The van der Waals surface area contributed by atoms with Gasteiger partial charge < -0.3 is 9.88 Å². The maximum atomic E-state index is 11.3. The molecule has 2 aromatic heterocycles. The standard InChI is InChI=1S/C20H19N7O2S/c1-27-13-22-25-19(27)15-5-7-16(8-6-15)23-20-21-12-11-18(24-20)14-3-9-17(10-4-14)26-30(2,28)29/h3-13,26H,1-2H3,(H,21,23,24). The highest BCUT2D eigenvalue weighted by atomic mass is 32.2. The molecule has 0 atom stereocenters. The van der Waals surface area contributed by atoms with Gasteiger partial charge in [-0.25, -0.2) is 18.4 Å². The summed E-state index contributed by atoms with van der Waals surface area (Å²) >= 11 is 0. The molecule has 0 saturated carbocycles. The van der Waals surface area contributed by atoms with E-state index in [0.717, 1.165) is 28.9 Å². The zero-order valence-corrected chi connectivity index (χ0v) is 17.1. The molecule has 152 valence electrons. The van der Waals surface area contributed by atoms with Gasteiger partial charge in [0.05, 0.1) is 11.9 Å². The van der Waals surface area contributed by atoms with Crippen LogP contribution in [0.1, 0.15) is 0 Å². The molecule has 0 spiro atoms. The first-order valence-corrected chi connectivity index (χ1v) is 10.9. The summed E-state index contributed by atoms with van der Waals surface area (Å²) in [7, 11) is -1.42. The molecule has 0 amide bonds. The molecule has 4 aromatic rings. The first-order chi connectivity index (χ1) is 14.4. The molecule has 9 nitrogen and oxygen atoms in total. The van der Waals surface area contributed by atoms with Gasteiger partial charge in [0, 0.05) is 35.7 Å². The summed E-state index contributed by atoms with van der Waals surface area (Å²) < 4.78 is 27.0. The lowest BCUT2D eigenvalue weighted by Gasteiger charge is -2.08. The van der Waals surface area contributed by atoms with Crippen LogP contribution in [0.25, 0.3) is 22.6 Å². The number of hydrogen-bond acceptors (Lipinski definition) is 7. The van der Waals surface area contributed by atoms with Gasteiger partial charge in [-0.1, -0.05) is 12.1 Å². The molecular weight excluding hydrogens is 402 g/mol. The molecule has 0 radical (unpaired) electrons. The Labute approximate surface area is 173 Å². The molecule has 2 N–H and O–H groups in total. The predicted molar refractivity (Wildman–Crippen MR) is 116 cm³/mol. The van der Waals surface area contributed by atoms with Crippen molar-refractivity contribution >= 4 is 27.3 Å². The van der Waals surface area contributed by atoms with E-state index < -0.39 is 10.0 Å². The molecule has 0 aliphatic carbocycles. The Morgan fingerprint density at radius 2 is 1.57 bits per heavy atom. The zero-order valence-electron chi connectivity index (χ0n) is 16.3. The maximum Gasteiger partial charge on any atom is 0.229 e. The van der Waals surface area contributed by atoms with Crippen molar-refractivity contribution in [3.8, 4) is 22.6 Å². The second-order valence-electron chi connectivity index (χ2n) is 6.68. The zero-order chi connectivity index (χ0) is 21.1. The summed E-state index contributed by atoms with van der Waals surface area (Å²) in [6, 6.07) is 16.5. The van der Waals surface area contributed by atoms with Crippen molar-refractivity contribution in [1.82, 2.24) is 24.7 Å². The van der Waals surface area contributed by atoms with Crippen LogP contribution in [-0.4, -0.2) is 39.4 Å². The summed E-state index contributed by atoms with van der Waals surface area (Å²) in [4.78, 5) is 8.81. The third-order valence-corrected chi connectivity index (χ3v) is 4.86. The number of rotatable bonds is 6. The van der Waals surface area contributed by atoms with Gasteiger partial charge in [-0.15, -0.1) is 10.2 Å². The summed E-state index contributed by atoms with van der Waals surface area (Å²) in [6.07, 6.45) is 4.44. The molecule has 0 aliphatic rings. The van der Waals surface area contributed by atoms with Crippen molar-refractivity contribution < 1.29 is 8.42 Å². The SMILES string of the molecule is Cn1cnnc1-c1ccc(Nc2nccc(-c3ccc(NS(C)(=O)=O)cc3)n2)cc1. The number of sulfonamides is 1. The smallest absolute Gasteiger partial charge is 0.229 e. The van der Waals surface area contributed by atoms with Gasteiger partial charge >= 0.3 is 0 Å². The Kier molecular flexibility index (Phi) is 5.15. The fourth-order valence-corrected chi connectivity index (χ4v) is 3.44. The van der Waals surface area contributed by atoms with Crippen LogP contribution < -0.4 is 10.0 Å². The first kappa shape index (κ1) is 19.5. The predicted octanol–water partition coefficient (Wildman–Crippen LogP) is 3.05. The summed E-state index contributed by atoms with van der Waals surface area (Å²) in [5, 5.41) is 11.2. The van der Waals surface area contributed by atoms with Crippen LogP contribution in [0.2, 0.25) is 0 Å². The van der Waals surface area contributed by atoms with E-state index in [1.54, 1.807) is 42.9 Å². The maximum absolute atomic E-state index is 11.3. The van der Waals surface area contributed by atoms with E-state index in [4.69, 9.17) is 0 Å². The highest BCUT2D eigenvalue weighted by molar-refractivity contribution is 7.92. The van der Waals surface area contributed by atoms with Crippen LogP contribution in [-0.2, 0) is 17.1 Å². The summed E-state index contributed by atoms with van der Waals surface area (Å²) in [5.41, 5.74) is 3.85. The minimum Gasteiger partial charge on any atom is -0.324 e. The summed E-state index contributed by atoms with van der Waals surface area (Å²) in [5.74, 6) is 1.24. The highest BCUT2D eigenvalue weighted by Gasteiger charge is 2.07. The molecule has 0 bridgehead atoms. The topological polar surface area (TPSA) is 115 Å². The number of nitrogens with zero attached hydrogens (tertiary/aromatic N) is 5. The van der Waals surface area contributed by atoms with Crippen molar-refractivity contribution in [2.24, 2.45) is 7.05 Å². The van der Waals surface area contributed by atoms with Crippen LogP contribution >= 0.6 is 0 Å². The minimum atomic E-state index is -3.31. The van der Waals surface area contributed by atoms with Gasteiger partial charge in [-0.2, -0.15) is 0 Å². The lowest BCUT2D eigenvalue weighted by molar-refractivity contribution is 0.607. The molecule has 10 heteroatoms. The van der Waals surface area contributed by atoms with E-state index in [0.29, 0.717) is 17.3 Å². The minimum absolute atomic E-state index is 0.456. The van der Waals surface area contributed by atoms with E-state index in [9.17, 15) is 8.42 Å². The monoisotopic (exact) mass is 421 g/mol. The first-order valence-electron chi connectivity index (χ1n) is 9.00. The van der Waals surface area contributed by atoms with Crippen LogP contribution in [0.4, 0.5) is 17.3 Å². The quantitative estimate of drug-likeness (QED) is 0.492. The van der Waals surface area contributed by atoms with E-state index in [2.05, 4.69) is 30.2 Å². The Balaban J connectivity index is 1.50. The van der Waals surface area contributed by atoms with Gasteiger partial charge in [0.1, 0.15) is 6.33 Å². The fraction of sp³-hybridized carbons (Fsp3) is 0.100. The largest absolute Gasteiger partial charge is 0.324 e. The van der Waals surface area contributed by atoms with E-state index in [1.165, 1.54) is 0 Å².